The number of methoxy groups -OCH3 is 1. The molecule has 0 bridgehead atoms. The number of halogens is 3. The fourth-order valence-corrected chi connectivity index (χ4v) is 5.90. The number of piperazine rings is 1. The van der Waals surface area contributed by atoms with E-state index in [-0.39, 0.29) is 57.4 Å². The smallest absolute Gasteiger partial charge is 0.246 e. The van der Waals surface area contributed by atoms with Crippen LogP contribution in [0.2, 0.25) is 10.0 Å². The van der Waals surface area contributed by atoms with Gasteiger partial charge in [-0.05, 0) is 54.7 Å². The minimum absolute atomic E-state index is 0.154. The van der Waals surface area contributed by atoms with Crippen molar-refractivity contribution < 1.29 is 28.3 Å². The summed E-state index contributed by atoms with van der Waals surface area (Å²) in [4.78, 5) is 57.1. The summed E-state index contributed by atoms with van der Waals surface area (Å²) in [5.74, 6) is -1.16. The molecule has 2 aromatic carbocycles. The summed E-state index contributed by atoms with van der Waals surface area (Å²) in [6.07, 6.45) is 5.02. The quantitative estimate of drug-likeness (QED) is 0.328. The number of carbonyl (C=O) groups is 4. The molecular weight excluding hydrogens is 622 g/mol. The molecule has 1 fully saturated rings. The molecule has 2 aliphatic rings. The van der Waals surface area contributed by atoms with E-state index in [1.54, 1.807) is 49.6 Å². The van der Waals surface area contributed by atoms with Crippen LogP contribution in [0, 0.1) is 0 Å². The second kappa shape index (κ2) is 15.9. The lowest BCUT2D eigenvalue weighted by Crippen LogP contribution is -2.61. The summed E-state index contributed by atoms with van der Waals surface area (Å²) in [7, 11) is 1.57. The Balaban J connectivity index is 1.51. The first-order valence-electron chi connectivity index (χ1n) is 14.8. The number of nitrogens with two attached hydrogens (primary N) is 1. The van der Waals surface area contributed by atoms with Crippen molar-refractivity contribution in [3.63, 3.8) is 0 Å². The van der Waals surface area contributed by atoms with Crippen LogP contribution in [0.25, 0.3) is 0 Å². The highest BCUT2D eigenvalue weighted by molar-refractivity contribution is 6.35. The van der Waals surface area contributed by atoms with Gasteiger partial charge in [-0.2, -0.15) is 0 Å². The standard InChI is InChI=1S/C33H37Cl2FN4O5/c1-45-27-10-4-23(5-11-27)12-15-38(20-30(37)41)31(42)19-29-33(44)39(16-14-24-6-7-25(34)18-28(24)35)21-32(43)40(29)17-13-22-2-8-26(36)9-3-22/h2-8,10-11,18,26,29H,9,12-17,19-21H2,1H3,(H2,37,41). The van der Waals surface area contributed by atoms with E-state index in [9.17, 15) is 23.6 Å². The number of carbonyl (C=O) groups excluding carboxylic acids is 4. The van der Waals surface area contributed by atoms with E-state index >= 15 is 0 Å². The first-order chi connectivity index (χ1) is 21.5. The highest BCUT2D eigenvalue weighted by atomic mass is 35.5. The van der Waals surface area contributed by atoms with Gasteiger partial charge in [-0.3, -0.25) is 19.2 Å². The fraction of sp³-hybridized carbons (Fsp3) is 0.394. The number of hydrogen-bond acceptors (Lipinski definition) is 5. The van der Waals surface area contributed by atoms with Gasteiger partial charge in [-0.15, -0.1) is 0 Å². The number of ether oxygens (including phenoxy) is 1. The molecule has 9 nitrogen and oxygen atoms in total. The molecule has 1 heterocycles. The maximum atomic E-state index is 13.9. The average Bonchev–Trinajstić information content (AvgIpc) is 3.01. The van der Waals surface area contributed by atoms with E-state index in [4.69, 9.17) is 33.7 Å². The maximum Gasteiger partial charge on any atom is 0.246 e. The summed E-state index contributed by atoms with van der Waals surface area (Å²) in [5, 5.41) is 0.939. The number of amides is 4. The number of allylic oxidation sites excluding steroid dienone is 3. The molecule has 2 aromatic rings. The molecular formula is C33H37Cl2FN4O5. The van der Waals surface area contributed by atoms with Crippen LogP contribution in [0.5, 0.6) is 5.75 Å². The Morgan fingerprint density at radius 1 is 1.07 bits per heavy atom. The highest BCUT2D eigenvalue weighted by Gasteiger charge is 2.41. The Kier molecular flexibility index (Phi) is 12.0. The summed E-state index contributed by atoms with van der Waals surface area (Å²) in [5.41, 5.74) is 8.01. The highest BCUT2D eigenvalue weighted by Crippen LogP contribution is 2.24. The van der Waals surface area contributed by atoms with Crippen molar-refractivity contribution >= 4 is 46.8 Å². The van der Waals surface area contributed by atoms with Crippen LogP contribution in [0.15, 0.2) is 66.3 Å². The number of alkyl halides is 1. The molecule has 1 aliphatic heterocycles. The lowest BCUT2D eigenvalue weighted by molar-refractivity contribution is -0.158. The molecule has 1 saturated heterocycles. The van der Waals surface area contributed by atoms with E-state index in [0.29, 0.717) is 35.1 Å². The second-order valence-corrected chi connectivity index (χ2v) is 11.9. The summed E-state index contributed by atoms with van der Waals surface area (Å²) in [6.45, 7) is 0.0834. The molecule has 0 spiro atoms. The van der Waals surface area contributed by atoms with Crippen LogP contribution in [-0.4, -0.2) is 90.4 Å². The van der Waals surface area contributed by atoms with Gasteiger partial charge < -0.3 is 25.2 Å². The van der Waals surface area contributed by atoms with Gasteiger partial charge in [0, 0.05) is 36.1 Å². The zero-order valence-corrected chi connectivity index (χ0v) is 26.6. The van der Waals surface area contributed by atoms with Crippen molar-refractivity contribution in [3.05, 3.63) is 87.4 Å². The van der Waals surface area contributed by atoms with Crippen LogP contribution >= 0.6 is 23.2 Å². The third kappa shape index (κ3) is 9.55. The minimum atomic E-state index is -1.09. The summed E-state index contributed by atoms with van der Waals surface area (Å²) >= 11 is 12.3. The van der Waals surface area contributed by atoms with Crippen LogP contribution < -0.4 is 10.5 Å². The van der Waals surface area contributed by atoms with Gasteiger partial charge in [0.05, 0.1) is 26.6 Å². The van der Waals surface area contributed by atoms with Crippen molar-refractivity contribution in [2.45, 2.75) is 44.3 Å². The first-order valence-corrected chi connectivity index (χ1v) is 15.5. The predicted molar refractivity (Wildman–Crippen MR) is 171 cm³/mol. The third-order valence-corrected chi connectivity index (χ3v) is 8.54. The SMILES string of the molecule is COc1ccc(CCN(CC(N)=O)C(=O)CC2C(=O)N(CCc3ccc(Cl)cc3Cl)CC(=O)N2CCC2=CCC(F)C=C2)cc1. The largest absolute Gasteiger partial charge is 0.497 e. The Labute approximate surface area is 272 Å². The van der Waals surface area contributed by atoms with Crippen LogP contribution in [0.1, 0.15) is 30.4 Å². The van der Waals surface area contributed by atoms with Gasteiger partial charge in [0.2, 0.25) is 23.6 Å². The van der Waals surface area contributed by atoms with Crippen LogP contribution in [0.3, 0.4) is 0 Å². The number of nitrogens with zero attached hydrogens (tertiary/aromatic N) is 3. The molecule has 45 heavy (non-hydrogen) atoms. The number of benzene rings is 2. The van der Waals surface area contributed by atoms with Crippen molar-refractivity contribution in [1.29, 1.82) is 0 Å². The minimum Gasteiger partial charge on any atom is -0.497 e. The zero-order valence-electron chi connectivity index (χ0n) is 25.1. The number of rotatable bonds is 14. The number of primary amides is 1. The summed E-state index contributed by atoms with van der Waals surface area (Å²) < 4.78 is 18.8. The van der Waals surface area contributed by atoms with E-state index in [1.807, 2.05) is 12.1 Å². The second-order valence-electron chi connectivity index (χ2n) is 11.1. The lowest BCUT2D eigenvalue weighted by atomic mass is 10.0. The van der Waals surface area contributed by atoms with Crippen molar-refractivity contribution in [1.82, 2.24) is 14.7 Å². The van der Waals surface area contributed by atoms with E-state index < -0.39 is 24.0 Å². The molecule has 0 saturated carbocycles. The Morgan fingerprint density at radius 2 is 1.82 bits per heavy atom. The van der Waals surface area contributed by atoms with Gasteiger partial charge >= 0.3 is 0 Å². The molecule has 4 amide bonds. The molecule has 0 radical (unpaired) electrons. The van der Waals surface area contributed by atoms with E-state index in [2.05, 4.69) is 0 Å². The van der Waals surface area contributed by atoms with Crippen molar-refractivity contribution in [2.75, 3.05) is 39.8 Å². The van der Waals surface area contributed by atoms with Gasteiger partial charge in [-0.1, -0.05) is 65.2 Å². The van der Waals surface area contributed by atoms with E-state index in [0.717, 1.165) is 16.7 Å². The predicted octanol–water partition coefficient (Wildman–Crippen LogP) is 4.15. The van der Waals surface area contributed by atoms with E-state index in [1.165, 1.54) is 20.8 Å². The van der Waals surface area contributed by atoms with Gasteiger partial charge in [-0.25, -0.2) is 4.39 Å². The van der Waals surface area contributed by atoms with Crippen LogP contribution in [0.4, 0.5) is 4.39 Å². The topological polar surface area (TPSA) is 113 Å². The maximum absolute atomic E-state index is 13.9. The van der Waals surface area contributed by atoms with Crippen molar-refractivity contribution in [3.8, 4) is 5.75 Å². The van der Waals surface area contributed by atoms with Crippen molar-refractivity contribution in [2.24, 2.45) is 5.73 Å². The molecule has 2 atom stereocenters. The molecule has 1 aliphatic carbocycles. The van der Waals surface area contributed by atoms with Gasteiger partial charge in [0.15, 0.2) is 0 Å². The molecule has 2 unspecified atom stereocenters. The number of hydrogen-bond donors (Lipinski definition) is 1. The molecule has 240 valence electrons. The monoisotopic (exact) mass is 658 g/mol. The average molecular weight is 660 g/mol. The fourth-order valence-electron chi connectivity index (χ4n) is 5.40. The first kappa shape index (κ1) is 34.0. The Bertz CT molecular complexity index is 1470. The normalized spacial score (nSPS) is 18.2. The lowest BCUT2D eigenvalue weighted by Gasteiger charge is -2.41. The molecule has 12 heteroatoms. The van der Waals surface area contributed by atoms with Gasteiger partial charge in [0.1, 0.15) is 18.0 Å². The van der Waals surface area contributed by atoms with Crippen LogP contribution in [-0.2, 0) is 32.0 Å². The Morgan fingerprint density at radius 3 is 2.47 bits per heavy atom. The zero-order chi connectivity index (χ0) is 32.5. The molecule has 2 N–H and O–H groups in total. The molecule has 0 aromatic heterocycles. The third-order valence-electron chi connectivity index (χ3n) is 7.95. The summed E-state index contributed by atoms with van der Waals surface area (Å²) in [6, 6.07) is 11.3. The molecule has 4 rings (SSSR count). The Hall–Kier alpha value is -3.89. The van der Waals surface area contributed by atoms with Gasteiger partial charge in [0.25, 0.3) is 0 Å².